The molecule has 0 aromatic heterocycles. The van der Waals surface area contributed by atoms with Gasteiger partial charge in [0.1, 0.15) is 0 Å². The summed E-state index contributed by atoms with van der Waals surface area (Å²) in [7, 11) is -3.89. The van der Waals surface area contributed by atoms with Crippen LogP contribution in [0.4, 0.5) is 24.5 Å². The van der Waals surface area contributed by atoms with E-state index in [9.17, 15) is 21.6 Å². The molecule has 118 valence electrons. The summed E-state index contributed by atoms with van der Waals surface area (Å²) in [5.74, 6) is -1.40. The Labute approximate surface area is 120 Å². The Morgan fingerprint density at radius 2 is 1.95 bits per heavy atom. The van der Waals surface area contributed by atoms with Crippen molar-refractivity contribution in [1.82, 2.24) is 0 Å². The van der Waals surface area contributed by atoms with Crippen molar-refractivity contribution in [3.05, 3.63) is 18.2 Å². The first-order valence-electron chi connectivity index (χ1n) is 6.33. The third-order valence-electron chi connectivity index (χ3n) is 3.55. The highest BCUT2D eigenvalue weighted by molar-refractivity contribution is 7.89. The first kappa shape index (κ1) is 15.9. The Morgan fingerprint density at radius 3 is 2.48 bits per heavy atom. The lowest BCUT2D eigenvalue weighted by molar-refractivity contribution is -0.175. The van der Waals surface area contributed by atoms with E-state index in [1.165, 1.54) is 23.1 Å². The molecule has 0 bridgehead atoms. The van der Waals surface area contributed by atoms with E-state index >= 15 is 0 Å². The molecular formula is C12H16F3N3O2S. The summed E-state index contributed by atoms with van der Waals surface area (Å²) in [4.78, 5) is 1.37. The second kappa shape index (κ2) is 5.38. The number of alkyl halides is 3. The summed E-state index contributed by atoms with van der Waals surface area (Å²) < 4.78 is 60.8. The average Bonchev–Trinajstić information content (AvgIpc) is 2.36. The molecular weight excluding hydrogens is 307 g/mol. The minimum atomic E-state index is -4.24. The summed E-state index contributed by atoms with van der Waals surface area (Å²) in [6, 6.07) is 3.81. The fourth-order valence-corrected chi connectivity index (χ4v) is 3.01. The summed E-state index contributed by atoms with van der Waals surface area (Å²) in [6.07, 6.45) is -3.75. The molecule has 0 saturated carbocycles. The molecule has 1 aliphatic rings. The molecule has 0 aliphatic carbocycles. The van der Waals surface area contributed by atoms with E-state index in [-0.39, 0.29) is 23.5 Å². The van der Waals surface area contributed by atoms with Gasteiger partial charge in [-0.1, -0.05) is 0 Å². The standard InChI is InChI=1S/C12H16F3N3O2S/c13-12(14,15)8-2-1-5-18(7-8)11-4-3-9(6-10(11)16)21(17,19)20/h3-4,6,8H,1-2,5,7,16H2,(H2,17,19,20). The van der Waals surface area contributed by atoms with Crippen molar-refractivity contribution in [2.75, 3.05) is 23.7 Å². The molecule has 0 amide bonds. The van der Waals surface area contributed by atoms with Crippen molar-refractivity contribution in [2.24, 2.45) is 11.1 Å². The molecule has 21 heavy (non-hydrogen) atoms. The fraction of sp³-hybridized carbons (Fsp3) is 0.500. The van der Waals surface area contributed by atoms with Crippen LogP contribution >= 0.6 is 0 Å². The molecule has 1 fully saturated rings. The first-order valence-corrected chi connectivity index (χ1v) is 7.87. The Bertz CT molecular complexity index is 631. The molecule has 1 aromatic carbocycles. The first-order chi connectivity index (χ1) is 9.59. The second-order valence-electron chi connectivity index (χ2n) is 5.09. The van der Waals surface area contributed by atoms with E-state index in [1.807, 2.05) is 0 Å². The van der Waals surface area contributed by atoms with Crippen LogP contribution < -0.4 is 15.8 Å². The molecule has 4 N–H and O–H groups in total. The fourth-order valence-electron chi connectivity index (χ4n) is 2.46. The van der Waals surface area contributed by atoms with E-state index in [0.717, 1.165) is 0 Å². The number of hydrogen-bond donors (Lipinski definition) is 2. The van der Waals surface area contributed by atoms with Gasteiger partial charge < -0.3 is 10.6 Å². The number of piperidine rings is 1. The van der Waals surface area contributed by atoms with Crippen LogP contribution in [-0.4, -0.2) is 27.7 Å². The topological polar surface area (TPSA) is 89.4 Å². The number of anilines is 2. The number of benzene rings is 1. The Kier molecular flexibility index (Phi) is 4.07. The third kappa shape index (κ3) is 3.59. The van der Waals surface area contributed by atoms with Crippen LogP contribution in [0.25, 0.3) is 0 Å². The summed E-state index contributed by atoms with van der Waals surface area (Å²) in [6.45, 7) is 0.272. The van der Waals surface area contributed by atoms with Crippen LogP contribution in [0.15, 0.2) is 23.1 Å². The van der Waals surface area contributed by atoms with Gasteiger partial charge in [0.05, 0.1) is 22.2 Å². The van der Waals surface area contributed by atoms with Gasteiger partial charge in [0.2, 0.25) is 10.0 Å². The van der Waals surface area contributed by atoms with Crippen molar-refractivity contribution in [3.63, 3.8) is 0 Å². The van der Waals surface area contributed by atoms with Crippen LogP contribution in [0.5, 0.6) is 0 Å². The molecule has 1 saturated heterocycles. The highest BCUT2D eigenvalue weighted by atomic mass is 32.2. The Hall–Kier alpha value is -1.48. The van der Waals surface area contributed by atoms with Crippen molar-refractivity contribution in [2.45, 2.75) is 23.9 Å². The lowest BCUT2D eigenvalue weighted by Gasteiger charge is -2.35. The number of halogens is 3. The number of hydrogen-bond acceptors (Lipinski definition) is 4. The third-order valence-corrected chi connectivity index (χ3v) is 4.46. The Balaban J connectivity index is 2.26. The Morgan fingerprint density at radius 1 is 1.29 bits per heavy atom. The molecule has 2 rings (SSSR count). The zero-order valence-corrected chi connectivity index (χ0v) is 11.9. The zero-order valence-electron chi connectivity index (χ0n) is 11.1. The van der Waals surface area contributed by atoms with Crippen molar-refractivity contribution in [1.29, 1.82) is 0 Å². The van der Waals surface area contributed by atoms with Crippen LogP contribution in [-0.2, 0) is 10.0 Å². The lowest BCUT2D eigenvalue weighted by atomic mass is 9.97. The number of sulfonamides is 1. The number of nitrogen functional groups attached to an aromatic ring is 1. The largest absolute Gasteiger partial charge is 0.397 e. The molecule has 1 atom stereocenters. The molecule has 1 unspecified atom stereocenters. The summed E-state index contributed by atoms with van der Waals surface area (Å²) in [5, 5.41) is 4.99. The van der Waals surface area contributed by atoms with Gasteiger partial charge in [0.25, 0.3) is 0 Å². The maximum Gasteiger partial charge on any atom is 0.393 e. The van der Waals surface area contributed by atoms with E-state index in [0.29, 0.717) is 18.7 Å². The summed E-state index contributed by atoms with van der Waals surface area (Å²) >= 11 is 0. The van der Waals surface area contributed by atoms with Crippen LogP contribution in [0.2, 0.25) is 0 Å². The number of rotatable bonds is 2. The number of nitrogens with two attached hydrogens (primary N) is 2. The van der Waals surface area contributed by atoms with Gasteiger partial charge in [-0.15, -0.1) is 0 Å². The zero-order chi connectivity index (χ0) is 15.8. The van der Waals surface area contributed by atoms with Crippen LogP contribution in [0.3, 0.4) is 0 Å². The number of nitrogens with zero attached hydrogens (tertiary/aromatic N) is 1. The quantitative estimate of drug-likeness (QED) is 0.811. The lowest BCUT2D eigenvalue weighted by Crippen LogP contribution is -2.42. The maximum atomic E-state index is 12.8. The molecule has 1 heterocycles. The van der Waals surface area contributed by atoms with Gasteiger partial charge in [0, 0.05) is 13.1 Å². The smallest absolute Gasteiger partial charge is 0.393 e. The van der Waals surface area contributed by atoms with E-state index in [2.05, 4.69) is 0 Å². The molecule has 5 nitrogen and oxygen atoms in total. The highest BCUT2D eigenvalue weighted by Gasteiger charge is 2.42. The van der Waals surface area contributed by atoms with Gasteiger partial charge in [-0.3, -0.25) is 0 Å². The molecule has 9 heteroatoms. The van der Waals surface area contributed by atoms with Crippen molar-refractivity contribution < 1.29 is 21.6 Å². The predicted molar refractivity (Wildman–Crippen MR) is 73.2 cm³/mol. The van der Waals surface area contributed by atoms with Gasteiger partial charge in [-0.25, -0.2) is 13.6 Å². The van der Waals surface area contributed by atoms with E-state index in [1.54, 1.807) is 0 Å². The number of primary sulfonamides is 1. The predicted octanol–water partition coefficient (Wildman–Crippen LogP) is 1.69. The van der Waals surface area contributed by atoms with Gasteiger partial charge in [-0.2, -0.15) is 13.2 Å². The SMILES string of the molecule is Nc1cc(S(N)(=O)=O)ccc1N1CCCC(C(F)(F)F)C1. The minimum Gasteiger partial charge on any atom is -0.397 e. The van der Waals surface area contributed by atoms with E-state index in [4.69, 9.17) is 10.9 Å². The van der Waals surface area contributed by atoms with Gasteiger partial charge in [-0.05, 0) is 31.0 Å². The van der Waals surface area contributed by atoms with Crippen LogP contribution in [0.1, 0.15) is 12.8 Å². The molecule has 0 radical (unpaired) electrons. The maximum absolute atomic E-state index is 12.8. The van der Waals surface area contributed by atoms with E-state index < -0.39 is 22.1 Å². The minimum absolute atomic E-state index is 0.0924. The van der Waals surface area contributed by atoms with Gasteiger partial charge in [0.15, 0.2) is 0 Å². The second-order valence-corrected chi connectivity index (χ2v) is 6.65. The van der Waals surface area contributed by atoms with Crippen LogP contribution in [0, 0.1) is 5.92 Å². The van der Waals surface area contributed by atoms with Gasteiger partial charge >= 0.3 is 6.18 Å². The summed E-state index contributed by atoms with van der Waals surface area (Å²) in [5.41, 5.74) is 6.26. The monoisotopic (exact) mass is 323 g/mol. The van der Waals surface area contributed by atoms with Crippen molar-refractivity contribution in [3.8, 4) is 0 Å². The average molecular weight is 323 g/mol. The molecule has 0 spiro atoms. The molecule has 1 aliphatic heterocycles. The van der Waals surface area contributed by atoms with Crippen molar-refractivity contribution >= 4 is 21.4 Å². The normalized spacial score (nSPS) is 20.6. The molecule has 1 aromatic rings. The highest BCUT2D eigenvalue weighted by Crippen LogP contribution is 2.36.